The fourth-order valence-corrected chi connectivity index (χ4v) is 5.67. The first kappa shape index (κ1) is 30.5. The van der Waals surface area contributed by atoms with Crippen molar-refractivity contribution in [3.8, 4) is 0 Å². The molecule has 5 rings (SSSR count). The van der Waals surface area contributed by atoms with Crippen molar-refractivity contribution in [3.05, 3.63) is 114 Å². The lowest BCUT2D eigenvalue weighted by molar-refractivity contribution is -0.141. The van der Waals surface area contributed by atoms with E-state index in [1.165, 1.54) is 0 Å². The molecular formula is C36H35N3O5. The second kappa shape index (κ2) is 14.5. The zero-order valence-electron chi connectivity index (χ0n) is 24.4. The lowest BCUT2D eigenvalue weighted by Gasteiger charge is -2.23. The molecule has 1 aromatic heterocycles. The van der Waals surface area contributed by atoms with E-state index in [0.29, 0.717) is 24.8 Å². The van der Waals surface area contributed by atoms with Gasteiger partial charge in [-0.2, -0.15) is 0 Å². The van der Waals surface area contributed by atoms with Crippen LogP contribution in [0.5, 0.6) is 0 Å². The summed E-state index contributed by atoms with van der Waals surface area (Å²) in [6.45, 7) is 0.151. The largest absolute Gasteiger partial charge is 0.345 e. The maximum atomic E-state index is 13.8. The fourth-order valence-electron chi connectivity index (χ4n) is 5.67. The molecule has 224 valence electrons. The molecule has 3 aromatic carbocycles. The molecule has 1 fully saturated rings. The number of amides is 2. The molecule has 2 amide bonds. The maximum absolute atomic E-state index is 13.8. The molecule has 8 heteroatoms. The van der Waals surface area contributed by atoms with Crippen LogP contribution in [0, 0.1) is 11.8 Å². The number of para-hydroxylation sites is 1. The van der Waals surface area contributed by atoms with Crippen LogP contribution in [0.25, 0.3) is 10.9 Å². The third kappa shape index (κ3) is 7.89. The molecule has 0 radical (unpaired) electrons. The molecule has 1 aliphatic rings. The number of carbonyl (C=O) groups excluding carboxylic acids is 5. The van der Waals surface area contributed by atoms with Crippen LogP contribution < -0.4 is 10.6 Å². The van der Waals surface area contributed by atoms with Crippen LogP contribution in [0.2, 0.25) is 0 Å². The van der Waals surface area contributed by atoms with Gasteiger partial charge in [0, 0.05) is 36.6 Å². The molecule has 1 aliphatic carbocycles. The van der Waals surface area contributed by atoms with Gasteiger partial charge in [-0.05, 0) is 48.9 Å². The van der Waals surface area contributed by atoms with Gasteiger partial charge in [-0.1, -0.05) is 84.9 Å². The minimum atomic E-state index is -1.20. The second-order valence-corrected chi connectivity index (χ2v) is 11.3. The number of benzene rings is 3. The average molecular weight is 590 g/mol. The van der Waals surface area contributed by atoms with Crippen LogP contribution in [0.4, 0.5) is 0 Å². The van der Waals surface area contributed by atoms with Crippen molar-refractivity contribution >= 4 is 40.1 Å². The molecule has 3 atom stereocenters. The summed E-state index contributed by atoms with van der Waals surface area (Å²) in [5, 5.41) is 6.31. The summed E-state index contributed by atoms with van der Waals surface area (Å²) in [7, 11) is 0. The van der Waals surface area contributed by atoms with Gasteiger partial charge in [0.25, 0.3) is 5.91 Å². The van der Waals surface area contributed by atoms with Crippen molar-refractivity contribution in [2.75, 3.05) is 0 Å². The van der Waals surface area contributed by atoms with Gasteiger partial charge in [0.15, 0.2) is 5.78 Å². The van der Waals surface area contributed by atoms with Gasteiger partial charge >= 0.3 is 0 Å². The first-order valence-electron chi connectivity index (χ1n) is 15.0. The quantitative estimate of drug-likeness (QED) is 0.171. The van der Waals surface area contributed by atoms with E-state index >= 15 is 0 Å². The normalized spacial score (nSPS) is 15.8. The van der Waals surface area contributed by atoms with Crippen molar-refractivity contribution in [1.82, 2.24) is 15.6 Å². The van der Waals surface area contributed by atoms with Gasteiger partial charge in [0.1, 0.15) is 11.5 Å². The molecule has 0 aliphatic heterocycles. The Morgan fingerprint density at radius 3 is 2.20 bits per heavy atom. The number of Topliss-reactive ketones (excluding diaryl/α,β-unsaturated/α-hetero) is 3. The van der Waals surface area contributed by atoms with E-state index in [-0.39, 0.29) is 43.1 Å². The Kier molecular flexibility index (Phi) is 10.0. The first-order chi connectivity index (χ1) is 21.4. The molecular weight excluding hydrogens is 554 g/mol. The average Bonchev–Trinajstić information content (AvgIpc) is 3.46. The molecule has 44 heavy (non-hydrogen) atoms. The lowest BCUT2D eigenvalue weighted by atomic mass is 9.90. The lowest BCUT2D eigenvalue weighted by Crippen LogP contribution is -2.50. The van der Waals surface area contributed by atoms with Crippen molar-refractivity contribution in [2.45, 2.75) is 51.1 Å². The summed E-state index contributed by atoms with van der Waals surface area (Å²) in [5.41, 5.74) is 2.60. The monoisotopic (exact) mass is 589 g/mol. The van der Waals surface area contributed by atoms with E-state index in [4.69, 9.17) is 0 Å². The molecule has 0 bridgehead atoms. The van der Waals surface area contributed by atoms with Crippen LogP contribution in [-0.4, -0.2) is 40.2 Å². The van der Waals surface area contributed by atoms with Crippen LogP contribution in [0.3, 0.4) is 0 Å². The predicted molar refractivity (Wildman–Crippen MR) is 167 cm³/mol. The standard InChI is InChI=1S/C36H35N3O5/c40-32-17-9-15-27(32)21-31(34(42)36(44)37-23-25-12-5-2-6-13-25)39-35(43)28(20-24-10-3-1-4-11-24)22-33(41)30-19-18-26-14-7-8-16-29(26)38-30/h1-8,10-14,16,18-19,27-28,31H,9,15,17,20-23H2,(H,37,44)(H,39,43)/t27-,28+,31-/m0/s1. The molecule has 1 saturated carbocycles. The summed E-state index contributed by atoms with van der Waals surface area (Å²) in [4.78, 5) is 70.7. The Morgan fingerprint density at radius 1 is 0.818 bits per heavy atom. The number of nitrogens with one attached hydrogen (secondary N) is 2. The Bertz CT molecular complexity index is 1650. The second-order valence-electron chi connectivity index (χ2n) is 11.3. The van der Waals surface area contributed by atoms with E-state index in [9.17, 15) is 24.0 Å². The van der Waals surface area contributed by atoms with Crippen molar-refractivity contribution in [1.29, 1.82) is 0 Å². The third-order valence-corrected chi connectivity index (χ3v) is 8.12. The minimum Gasteiger partial charge on any atom is -0.345 e. The number of hydrogen-bond acceptors (Lipinski definition) is 6. The first-order valence-corrected chi connectivity index (χ1v) is 15.0. The van der Waals surface area contributed by atoms with Crippen molar-refractivity contribution in [2.24, 2.45) is 11.8 Å². The number of carbonyl (C=O) groups is 5. The van der Waals surface area contributed by atoms with Gasteiger partial charge in [0.05, 0.1) is 11.6 Å². The highest BCUT2D eigenvalue weighted by molar-refractivity contribution is 6.38. The van der Waals surface area contributed by atoms with Gasteiger partial charge in [-0.15, -0.1) is 0 Å². The van der Waals surface area contributed by atoms with Gasteiger partial charge in [-0.3, -0.25) is 24.0 Å². The van der Waals surface area contributed by atoms with E-state index in [2.05, 4.69) is 15.6 Å². The number of aromatic nitrogens is 1. The number of rotatable bonds is 13. The third-order valence-electron chi connectivity index (χ3n) is 8.12. The molecule has 4 aromatic rings. The van der Waals surface area contributed by atoms with Crippen molar-refractivity contribution < 1.29 is 24.0 Å². The molecule has 0 saturated heterocycles. The maximum Gasteiger partial charge on any atom is 0.289 e. The highest BCUT2D eigenvalue weighted by Crippen LogP contribution is 2.26. The zero-order chi connectivity index (χ0) is 30.9. The number of pyridine rings is 1. The molecule has 0 unspecified atom stereocenters. The summed E-state index contributed by atoms with van der Waals surface area (Å²) in [6, 6.07) is 28.2. The van der Waals surface area contributed by atoms with Gasteiger partial charge in [-0.25, -0.2) is 4.98 Å². The van der Waals surface area contributed by atoms with Crippen LogP contribution >= 0.6 is 0 Å². The smallest absolute Gasteiger partial charge is 0.289 e. The van der Waals surface area contributed by atoms with Gasteiger partial charge < -0.3 is 10.6 Å². The Morgan fingerprint density at radius 2 is 1.50 bits per heavy atom. The Balaban J connectivity index is 1.35. The van der Waals surface area contributed by atoms with Gasteiger partial charge in [0.2, 0.25) is 11.7 Å². The summed E-state index contributed by atoms with van der Waals surface area (Å²) in [6.07, 6.45) is 1.88. The number of hydrogen-bond donors (Lipinski definition) is 2. The topological polar surface area (TPSA) is 122 Å². The Labute approximate surface area is 256 Å². The van der Waals surface area contributed by atoms with E-state index in [0.717, 1.165) is 16.5 Å². The zero-order valence-corrected chi connectivity index (χ0v) is 24.4. The molecule has 1 heterocycles. The highest BCUT2D eigenvalue weighted by Gasteiger charge is 2.35. The SMILES string of the molecule is O=C(NCc1ccccc1)C(=O)[C@H](C[C@@H]1CCCC1=O)NC(=O)[C@@H](CC(=O)c1ccc2ccccc2n1)Cc1ccccc1. The molecule has 0 spiro atoms. The number of nitrogens with zero attached hydrogens (tertiary/aromatic N) is 1. The predicted octanol–water partition coefficient (Wildman–Crippen LogP) is 4.80. The summed E-state index contributed by atoms with van der Waals surface area (Å²) in [5.74, 6) is -3.69. The van der Waals surface area contributed by atoms with Crippen LogP contribution in [-0.2, 0) is 32.1 Å². The highest BCUT2D eigenvalue weighted by atomic mass is 16.2. The summed E-state index contributed by atoms with van der Waals surface area (Å²) < 4.78 is 0. The molecule has 2 N–H and O–H groups in total. The Hall–Kier alpha value is -4.98. The van der Waals surface area contributed by atoms with E-state index < -0.39 is 35.5 Å². The van der Waals surface area contributed by atoms with Crippen molar-refractivity contribution in [3.63, 3.8) is 0 Å². The number of ketones is 3. The minimum absolute atomic E-state index is 0.0279. The fraction of sp³-hybridized carbons (Fsp3) is 0.278. The van der Waals surface area contributed by atoms with E-state index in [1.807, 2.05) is 91.0 Å². The van der Waals surface area contributed by atoms with Crippen LogP contribution in [0.1, 0.15) is 53.7 Å². The number of fused-ring (bicyclic) bond motifs is 1. The molecule has 8 nitrogen and oxygen atoms in total. The van der Waals surface area contributed by atoms with E-state index in [1.54, 1.807) is 6.07 Å². The summed E-state index contributed by atoms with van der Waals surface area (Å²) >= 11 is 0. The van der Waals surface area contributed by atoms with Crippen LogP contribution in [0.15, 0.2) is 97.1 Å².